The van der Waals surface area contributed by atoms with Crippen LogP contribution in [0.4, 0.5) is 5.69 Å². The molecule has 0 bridgehead atoms. The third-order valence-corrected chi connectivity index (χ3v) is 2.70. The van der Waals surface area contributed by atoms with Crippen LogP contribution in [-0.2, 0) is 4.79 Å². The molecule has 0 aliphatic carbocycles. The van der Waals surface area contributed by atoms with Gasteiger partial charge in [-0.3, -0.25) is 4.79 Å². The number of ketones is 1. The molecular weight excluding hydrogens is 186 g/mol. The molecule has 2 nitrogen and oxygen atoms in total. The maximum absolute atomic E-state index is 11.9. The van der Waals surface area contributed by atoms with Crippen LogP contribution in [0, 0.1) is 0 Å². The molecule has 0 spiro atoms. The van der Waals surface area contributed by atoms with Crippen molar-refractivity contribution in [2.45, 2.75) is 19.3 Å². The van der Waals surface area contributed by atoms with Gasteiger partial charge in [-0.25, -0.2) is 0 Å². The zero-order chi connectivity index (χ0) is 10.8. The Labute approximate surface area is 90.0 Å². The van der Waals surface area contributed by atoms with Gasteiger partial charge in [-0.1, -0.05) is 30.4 Å². The first-order valence-corrected chi connectivity index (χ1v) is 5.18. The van der Waals surface area contributed by atoms with Crippen LogP contribution in [0.5, 0.6) is 0 Å². The third kappa shape index (κ3) is 1.94. The normalized spacial score (nSPS) is 18.1. The molecule has 0 saturated carbocycles. The Morgan fingerprint density at radius 2 is 2.27 bits per heavy atom. The molecule has 78 valence electrons. The van der Waals surface area contributed by atoms with E-state index in [9.17, 15) is 4.79 Å². The first-order valence-electron chi connectivity index (χ1n) is 5.18. The van der Waals surface area contributed by atoms with E-state index < -0.39 is 0 Å². The highest BCUT2D eigenvalue weighted by atomic mass is 16.1. The number of nitrogens with one attached hydrogen (secondary N) is 1. The Hall–Kier alpha value is -1.57. The Balaban J connectivity index is 2.20. The van der Waals surface area contributed by atoms with Crippen LogP contribution in [0.3, 0.4) is 0 Å². The zero-order valence-electron chi connectivity index (χ0n) is 8.92. The summed E-state index contributed by atoms with van der Waals surface area (Å²) < 4.78 is 0. The fourth-order valence-corrected chi connectivity index (χ4v) is 1.99. The van der Waals surface area contributed by atoms with Crippen molar-refractivity contribution in [3.63, 3.8) is 0 Å². The van der Waals surface area contributed by atoms with Gasteiger partial charge < -0.3 is 5.32 Å². The highest BCUT2D eigenvalue weighted by molar-refractivity contribution is 5.91. The molecule has 1 unspecified atom stereocenters. The second-order valence-electron chi connectivity index (χ2n) is 4.12. The van der Waals surface area contributed by atoms with Crippen LogP contribution >= 0.6 is 0 Å². The molecule has 1 aromatic rings. The molecule has 1 aliphatic heterocycles. The van der Waals surface area contributed by atoms with E-state index in [1.54, 1.807) is 0 Å². The molecule has 1 aliphatic rings. The molecule has 0 fully saturated rings. The molecule has 1 aromatic carbocycles. The topological polar surface area (TPSA) is 29.1 Å². The molecule has 1 N–H and O–H groups in total. The standard InChI is InChI=1S/C13H15NO/c1-9(2)7-13(15)11-8-14-12-6-4-3-5-10(11)12/h3-6,11,14H,1,7-8H2,2H3. The highest BCUT2D eigenvalue weighted by Gasteiger charge is 2.27. The molecular formula is C13H15NO. The second kappa shape index (κ2) is 3.89. The molecule has 1 heterocycles. The number of hydrogen-bond acceptors (Lipinski definition) is 2. The second-order valence-corrected chi connectivity index (χ2v) is 4.12. The van der Waals surface area contributed by atoms with Crippen LogP contribution in [-0.4, -0.2) is 12.3 Å². The van der Waals surface area contributed by atoms with E-state index in [0.717, 1.165) is 23.4 Å². The van der Waals surface area contributed by atoms with Crippen molar-refractivity contribution in [2.24, 2.45) is 0 Å². The monoisotopic (exact) mass is 201 g/mol. The summed E-state index contributed by atoms with van der Waals surface area (Å²) in [6, 6.07) is 8.00. The van der Waals surface area contributed by atoms with E-state index in [0.29, 0.717) is 6.42 Å². The number of anilines is 1. The first kappa shape index (κ1) is 9.97. The quantitative estimate of drug-likeness (QED) is 0.762. The number of carbonyl (C=O) groups is 1. The van der Waals surface area contributed by atoms with Gasteiger partial charge in [0, 0.05) is 18.7 Å². The van der Waals surface area contributed by atoms with E-state index in [-0.39, 0.29) is 11.7 Å². The minimum atomic E-state index is 0.0119. The number of benzene rings is 1. The molecule has 1 atom stereocenters. The summed E-state index contributed by atoms with van der Waals surface area (Å²) in [4.78, 5) is 11.9. The van der Waals surface area contributed by atoms with E-state index in [1.807, 2.05) is 31.2 Å². The number of rotatable bonds is 3. The third-order valence-electron chi connectivity index (χ3n) is 2.70. The molecule has 15 heavy (non-hydrogen) atoms. The molecule has 0 amide bonds. The minimum Gasteiger partial charge on any atom is -0.384 e. The fraction of sp³-hybridized carbons (Fsp3) is 0.308. The number of para-hydroxylation sites is 1. The predicted molar refractivity (Wildman–Crippen MR) is 62.1 cm³/mol. The highest BCUT2D eigenvalue weighted by Crippen LogP contribution is 2.32. The number of allylic oxidation sites excluding steroid dienone is 1. The molecule has 0 saturated heterocycles. The fourth-order valence-electron chi connectivity index (χ4n) is 1.99. The van der Waals surface area contributed by atoms with Gasteiger partial charge in [-0.05, 0) is 18.6 Å². The molecule has 0 aromatic heterocycles. The lowest BCUT2D eigenvalue weighted by molar-refractivity contribution is -0.119. The summed E-state index contributed by atoms with van der Waals surface area (Å²) in [5.41, 5.74) is 3.16. The van der Waals surface area contributed by atoms with Crippen molar-refractivity contribution in [3.05, 3.63) is 42.0 Å². The van der Waals surface area contributed by atoms with Gasteiger partial charge in [-0.2, -0.15) is 0 Å². The average molecular weight is 201 g/mol. The van der Waals surface area contributed by atoms with E-state index in [2.05, 4.69) is 11.9 Å². The van der Waals surface area contributed by atoms with Gasteiger partial charge in [0.05, 0.1) is 5.92 Å². The number of hydrogen-bond donors (Lipinski definition) is 1. The largest absolute Gasteiger partial charge is 0.384 e. The van der Waals surface area contributed by atoms with Crippen molar-refractivity contribution in [1.82, 2.24) is 0 Å². The van der Waals surface area contributed by atoms with Crippen LogP contribution in [0.2, 0.25) is 0 Å². The number of carbonyl (C=O) groups excluding carboxylic acids is 1. The maximum Gasteiger partial charge on any atom is 0.146 e. The van der Waals surface area contributed by atoms with Gasteiger partial charge in [0.2, 0.25) is 0 Å². The average Bonchev–Trinajstić information content (AvgIpc) is 2.59. The van der Waals surface area contributed by atoms with Crippen molar-refractivity contribution >= 4 is 11.5 Å². The number of Topliss-reactive ketones (excluding diaryl/α,β-unsaturated/α-hetero) is 1. The molecule has 0 radical (unpaired) electrons. The number of fused-ring (bicyclic) bond motifs is 1. The van der Waals surface area contributed by atoms with Crippen molar-refractivity contribution in [3.8, 4) is 0 Å². The van der Waals surface area contributed by atoms with E-state index >= 15 is 0 Å². The predicted octanol–water partition coefficient (Wildman–Crippen LogP) is 2.73. The van der Waals surface area contributed by atoms with Crippen molar-refractivity contribution < 1.29 is 4.79 Å². The van der Waals surface area contributed by atoms with Crippen LogP contribution in [0.1, 0.15) is 24.8 Å². The Kier molecular flexibility index (Phi) is 2.58. The van der Waals surface area contributed by atoms with Crippen LogP contribution < -0.4 is 5.32 Å². The molecule has 2 heteroatoms. The van der Waals surface area contributed by atoms with E-state index in [4.69, 9.17) is 0 Å². The SMILES string of the molecule is C=C(C)CC(=O)C1CNc2ccccc21. The van der Waals surface area contributed by atoms with Gasteiger partial charge >= 0.3 is 0 Å². The Bertz CT molecular complexity index is 409. The summed E-state index contributed by atoms with van der Waals surface area (Å²) in [6.45, 7) is 6.40. The molecule has 2 rings (SSSR count). The van der Waals surface area contributed by atoms with Crippen LogP contribution in [0.25, 0.3) is 0 Å². The van der Waals surface area contributed by atoms with E-state index in [1.165, 1.54) is 0 Å². The lowest BCUT2D eigenvalue weighted by atomic mass is 9.93. The Morgan fingerprint density at radius 1 is 1.53 bits per heavy atom. The lowest BCUT2D eigenvalue weighted by Crippen LogP contribution is -2.14. The van der Waals surface area contributed by atoms with Crippen molar-refractivity contribution in [1.29, 1.82) is 0 Å². The van der Waals surface area contributed by atoms with Gasteiger partial charge in [0.25, 0.3) is 0 Å². The van der Waals surface area contributed by atoms with Gasteiger partial charge in [-0.15, -0.1) is 0 Å². The summed E-state index contributed by atoms with van der Waals surface area (Å²) in [5.74, 6) is 0.276. The van der Waals surface area contributed by atoms with Crippen LogP contribution in [0.15, 0.2) is 36.4 Å². The minimum absolute atomic E-state index is 0.0119. The Morgan fingerprint density at radius 3 is 3.00 bits per heavy atom. The lowest BCUT2D eigenvalue weighted by Gasteiger charge is -2.08. The van der Waals surface area contributed by atoms with Gasteiger partial charge in [0.15, 0.2) is 0 Å². The maximum atomic E-state index is 11.9. The summed E-state index contributed by atoms with van der Waals surface area (Å²) in [7, 11) is 0. The first-order chi connectivity index (χ1) is 7.18. The van der Waals surface area contributed by atoms with Crippen molar-refractivity contribution in [2.75, 3.05) is 11.9 Å². The smallest absolute Gasteiger partial charge is 0.146 e. The van der Waals surface area contributed by atoms with Gasteiger partial charge in [0.1, 0.15) is 5.78 Å². The zero-order valence-corrected chi connectivity index (χ0v) is 8.92. The summed E-state index contributed by atoms with van der Waals surface area (Å²) in [6.07, 6.45) is 0.487. The summed E-state index contributed by atoms with van der Waals surface area (Å²) >= 11 is 0. The summed E-state index contributed by atoms with van der Waals surface area (Å²) in [5, 5.41) is 3.25.